The van der Waals surface area contributed by atoms with Crippen LogP contribution < -0.4 is 5.32 Å². The number of nitrogens with zero attached hydrogens (tertiary/aromatic N) is 5. The highest BCUT2D eigenvalue weighted by Gasteiger charge is 2.26. The summed E-state index contributed by atoms with van der Waals surface area (Å²) in [5, 5.41) is 2.96. The molecule has 3 aromatic heterocycles. The topological polar surface area (TPSA) is 93.0 Å². The van der Waals surface area contributed by atoms with E-state index in [1.165, 1.54) is 0 Å². The molecule has 1 aliphatic rings. The lowest BCUT2D eigenvalue weighted by Crippen LogP contribution is -2.41. The third-order valence-corrected chi connectivity index (χ3v) is 5.83. The van der Waals surface area contributed by atoms with Gasteiger partial charge in [-0.05, 0) is 35.7 Å². The summed E-state index contributed by atoms with van der Waals surface area (Å²) in [7, 11) is 0. The predicted octanol–water partition coefficient (Wildman–Crippen LogP) is 2.80. The van der Waals surface area contributed by atoms with Gasteiger partial charge < -0.3 is 14.8 Å². The Labute approximate surface area is 191 Å². The smallest absolute Gasteiger partial charge is 0.255 e. The van der Waals surface area contributed by atoms with Gasteiger partial charge in [0.25, 0.3) is 5.91 Å². The Hall–Kier alpha value is -4.07. The average Bonchev–Trinajstić information content (AvgIpc) is 3.45. The molecule has 0 saturated carbocycles. The van der Waals surface area contributed by atoms with Crippen molar-refractivity contribution in [3.8, 4) is 0 Å². The van der Waals surface area contributed by atoms with Gasteiger partial charge in [0.1, 0.15) is 5.52 Å². The van der Waals surface area contributed by atoms with Crippen LogP contribution in [0, 0.1) is 0 Å². The van der Waals surface area contributed by atoms with Crippen molar-refractivity contribution in [2.45, 2.75) is 32.0 Å². The van der Waals surface area contributed by atoms with Crippen molar-refractivity contribution < 1.29 is 9.59 Å². The maximum atomic E-state index is 13.5. The van der Waals surface area contributed by atoms with Gasteiger partial charge >= 0.3 is 0 Å². The maximum absolute atomic E-state index is 13.5. The molecule has 166 valence electrons. The van der Waals surface area contributed by atoms with E-state index in [1.54, 1.807) is 35.9 Å². The molecule has 1 aliphatic heterocycles. The Kier molecular flexibility index (Phi) is 5.80. The van der Waals surface area contributed by atoms with E-state index in [1.807, 2.05) is 34.9 Å². The molecule has 1 fully saturated rings. The summed E-state index contributed by atoms with van der Waals surface area (Å²) in [6, 6.07) is 15.6. The molecular formula is C25H24N6O2. The molecular weight excluding hydrogens is 416 g/mol. The first kappa shape index (κ1) is 20.8. The maximum Gasteiger partial charge on any atom is 0.255 e. The molecule has 0 aliphatic carbocycles. The lowest BCUT2D eigenvalue weighted by Gasteiger charge is -2.26. The summed E-state index contributed by atoms with van der Waals surface area (Å²) >= 11 is 0. The van der Waals surface area contributed by atoms with Gasteiger partial charge in [-0.3, -0.25) is 14.6 Å². The van der Waals surface area contributed by atoms with Crippen molar-refractivity contribution in [2.75, 3.05) is 6.54 Å². The molecule has 33 heavy (non-hydrogen) atoms. The normalized spacial score (nSPS) is 15.5. The van der Waals surface area contributed by atoms with Gasteiger partial charge in [-0.15, -0.1) is 0 Å². The van der Waals surface area contributed by atoms with Gasteiger partial charge in [-0.1, -0.05) is 30.3 Å². The van der Waals surface area contributed by atoms with Gasteiger partial charge in [0, 0.05) is 44.1 Å². The van der Waals surface area contributed by atoms with Crippen LogP contribution in [-0.2, 0) is 17.9 Å². The van der Waals surface area contributed by atoms with Crippen molar-refractivity contribution in [1.29, 1.82) is 0 Å². The van der Waals surface area contributed by atoms with Crippen LogP contribution >= 0.6 is 0 Å². The van der Waals surface area contributed by atoms with Crippen LogP contribution in [0.5, 0.6) is 0 Å². The van der Waals surface area contributed by atoms with E-state index in [0.717, 1.165) is 23.2 Å². The van der Waals surface area contributed by atoms with Crippen molar-refractivity contribution in [3.05, 3.63) is 90.1 Å². The first-order valence-corrected chi connectivity index (χ1v) is 11.0. The number of nitrogens with one attached hydrogen (secondary N) is 1. The van der Waals surface area contributed by atoms with Crippen molar-refractivity contribution in [2.24, 2.45) is 0 Å². The second-order valence-electron chi connectivity index (χ2n) is 8.27. The van der Waals surface area contributed by atoms with Crippen LogP contribution in [0.15, 0.2) is 73.4 Å². The van der Waals surface area contributed by atoms with Gasteiger partial charge in [-0.25, -0.2) is 9.97 Å². The highest BCUT2D eigenvalue weighted by molar-refractivity contribution is 5.96. The molecule has 1 N–H and O–H groups in total. The zero-order valence-corrected chi connectivity index (χ0v) is 18.1. The van der Waals surface area contributed by atoms with E-state index < -0.39 is 0 Å². The summed E-state index contributed by atoms with van der Waals surface area (Å²) in [6.07, 6.45) is 8.00. The Morgan fingerprint density at radius 3 is 2.67 bits per heavy atom. The number of imidazole rings is 1. The summed E-state index contributed by atoms with van der Waals surface area (Å²) < 4.78 is 1.97. The Morgan fingerprint density at radius 1 is 1.09 bits per heavy atom. The van der Waals surface area contributed by atoms with Crippen LogP contribution in [0.2, 0.25) is 0 Å². The first-order chi connectivity index (χ1) is 16.2. The SMILES string of the molecule is O=C1CC[C@@H](CN(Cc2ccncc2)C(=O)c2cnc3c(c2)ncn3Cc2ccccc2)N1. The van der Waals surface area contributed by atoms with Gasteiger partial charge in [0.05, 0.1) is 18.4 Å². The number of pyridine rings is 2. The lowest BCUT2D eigenvalue weighted by molar-refractivity contribution is -0.119. The molecule has 0 unspecified atom stereocenters. The quantitative estimate of drug-likeness (QED) is 0.477. The minimum absolute atomic E-state index is 0.0309. The molecule has 8 heteroatoms. The molecule has 2 amide bonds. The van der Waals surface area contributed by atoms with Crippen LogP contribution in [0.3, 0.4) is 0 Å². The van der Waals surface area contributed by atoms with Gasteiger partial charge in [0.15, 0.2) is 5.65 Å². The Bertz CT molecular complexity index is 1270. The summed E-state index contributed by atoms with van der Waals surface area (Å²) in [5.41, 5.74) is 4.02. The second kappa shape index (κ2) is 9.20. The van der Waals surface area contributed by atoms with E-state index in [9.17, 15) is 9.59 Å². The van der Waals surface area contributed by atoms with E-state index >= 15 is 0 Å². The number of aromatic nitrogens is 4. The minimum Gasteiger partial charge on any atom is -0.352 e. The molecule has 1 aromatic carbocycles. The van der Waals surface area contributed by atoms with Gasteiger partial charge in [-0.2, -0.15) is 0 Å². The van der Waals surface area contributed by atoms with E-state index in [2.05, 4.69) is 32.4 Å². The third kappa shape index (κ3) is 4.74. The highest BCUT2D eigenvalue weighted by atomic mass is 16.2. The van der Waals surface area contributed by atoms with E-state index in [4.69, 9.17) is 0 Å². The van der Waals surface area contributed by atoms with Gasteiger partial charge in [0.2, 0.25) is 5.91 Å². The van der Waals surface area contributed by atoms with Crippen molar-refractivity contribution in [1.82, 2.24) is 29.7 Å². The molecule has 0 radical (unpaired) electrons. The summed E-state index contributed by atoms with van der Waals surface area (Å²) in [5.74, 6) is -0.108. The summed E-state index contributed by atoms with van der Waals surface area (Å²) in [6.45, 7) is 1.52. The molecule has 4 heterocycles. The number of benzene rings is 1. The molecule has 0 bridgehead atoms. The first-order valence-electron chi connectivity index (χ1n) is 11.0. The standard InChI is InChI=1S/C25H24N6O2/c32-23-7-6-21(29-23)16-30(14-19-8-10-26-11-9-19)25(33)20-12-22-24(27-13-20)31(17-28-22)15-18-4-2-1-3-5-18/h1-5,8-13,17,21H,6-7,14-16H2,(H,29,32)/t21-/m0/s1. The van der Waals surface area contributed by atoms with Crippen LogP contribution in [0.4, 0.5) is 0 Å². The number of fused-ring (bicyclic) bond motifs is 1. The second-order valence-corrected chi connectivity index (χ2v) is 8.27. The minimum atomic E-state index is -0.139. The zero-order chi connectivity index (χ0) is 22.6. The number of hydrogen-bond acceptors (Lipinski definition) is 5. The van der Waals surface area contributed by atoms with E-state index in [0.29, 0.717) is 37.1 Å². The van der Waals surface area contributed by atoms with Crippen LogP contribution in [0.25, 0.3) is 11.2 Å². The molecule has 0 spiro atoms. The highest BCUT2D eigenvalue weighted by Crippen LogP contribution is 2.18. The lowest BCUT2D eigenvalue weighted by atomic mass is 10.1. The van der Waals surface area contributed by atoms with Crippen molar-refractivity contribution >= 4 is 23.0 Å². The Morgan fingerprint density at radius 2 is 1.91 bits per heavy atom. The Balaban J connectivity index is 1.39. The molecule has 1 atom stereocenters. The molecule has 8 nitrogen and oxygen atoms in total. The van der Waals surface area contributed by atoms with Crippen LogP contribution in [-0.4, -0.2) is 48.8 Å². The van der Waals surface area contributed by atoms with Crippen molar-refractivity contribution in [3.63, 3.8) is 0 Å². The molecule has 5 rings (SSSR count). The molecule has 1 saturated heterocycles. The fourth-order valence-electron chi connectivity index (χ4n) is 4.15. The number of amides is 2. The fraction of sp³-hybridized carbons (Fsp3) is 0.240. The molecule has 4 aromatic rings. The predicted molar refractivity (Wildman–Crippen MR) is 123 cm³/mol. The third-order valence-electron chi connectivity index (χ3n) is 5.83. The number of hydrogen-bond donors (Lipinski definition) is 1. The summed E-state index contributed by atoms with van der Waals surface area (Å²) in [4.78, 5) is 40.0. The number of carbonyl (C=O) groups is 2. The zero-order valence-electron chi connectivity index (χ0n) is 18.1. The van der Waals surface area contributed by atoms with E-state index in [-0.39, 0.29) is 17.9 Å². The van der Waals surface area contributed by atoms with Crippen LogP contribution in [0.1, 0.15) is 34.3 Å². The average molecular weight is 441 g/mol. The number of rotatable bonds is 7. The number of carbonyl (C=O) groups excluding carboxylic acids is 2. The monoisotopic (exact) mass is 440 g/mol. The largest absolute Gasteiger partial charge is 0.352 e. The fourth-order valence-corrected chi connectivity index (χ4v) is 4.15.